The molecule has 0 aromatic heterocycles. The summed E-state index contributed by atoms with van der Waals surface area (Å²) in [5, 5.41) is 3.28. The van der Waals surface area contributed by atoms with Gasteiger partial charge in [0.1, 0.15) is 10.6 Å². The van der Waals surface area contributed by atoms with Gasteiger partial charge in [-0.2, -0.15) is 4.31 Å². The molecule has 1 N–H and O–H groups in total. The number of nitrogens with one attached hydrogen (secondary N) is 1. The lowest BCUT2D eigenvalue weighted by molar-refractivity contribution is 0.232. The molecule has 1 aromatic rings. The second kappa shape index (κ2) is 6.01. The molecule has 0 bridgehead atoms. The van der Waals surface area contributed by atoms with Gasteiger partial charge in [-0.25, -0.2) is 8.42 Å². The highest BCUT2D eigenvalue weighted by atomic mass is 79.9. The maximum absolute atomic E-state index is 12.9. The van der Waals surface area contributed by atoms with Gasteiger partial charge in [-0.3, -0.25) is 0 Å². The van der Waals surface area contributed by atoms with E-state index in [0.717, 1.165) is 0 Å². The number of nitrogens with zero attached hydrogens (tertiary/aromatic N) is 1. The number of hydrogen-bond donors (Lipinski definition) is 1. The minimum absolute atomic E-state index is 0.0996. The second-order valence-corrected chi connectivity index (χ2v) is 7.67. The van der Waals surface area contributed by atoms with Gasteiger partial charge in [0.25, 0.3) is 0 Å². The minimum atomic E-state index is -3.57. The molecule has 20 heavy (non-hydrogen) atoms. The lowest BCUT2D eigenvalue weighted by atomic mass is 10.1. The van der Waals surface area contributed by atoms with Gasteiger partial charge in [-0.15, -0.1) is 0 Å². The maximum Gasteiger partial charge on any atom is 0.247 e. The van der Waals surface area contributed by atoms with Crippen LogP contribution in [0, 0.1) is 0 Å². The Morgan fingerprint density at radius 2 is 2.10 bits per heavy atom. The Hall–Kier alpha value is -0.630. The van der Waals surface area contributed by atoms with Crippen molar-refractivity contribution in [3.63, 3.8) is 0 Å². The quantitative estimate of drug-likeness (QED) is 0.890. The van der Waals surface area contributed by atoms with Crippen molar-refractivity contribution in [2.75, 3.05) is 20.2 Å². The number of rotatable bonds is 3. The molecule has 5 nitrogen and oxygen atoms in total. The van der Waals surface area contributed by atoms with E-state index in [1.54, 1.807) is 22.5 Å². The summed E-state index contributed by atoms with van der Waals surface area (Å²) in [4.78, 5) is 0.204. The number of halogens is 1. The molecule has 7 heteroatoms. The SMILES string of the molecule is COc1ccc(Br)cc1S(=O)(=O)N1CCNC(C)C1C. The van der Waals surface area contributed by atoms with Crippen LogP contribution in [-0.4, -0.2) is 45.0 Å². The average Bonchev–Trinajstić information content (AvgIpc) is 2.41. The zero-order valence-corrected chi connectivity index (χ0v) is 14.2. The topological polar surface area (TPSA) is 58.6 Å². The molecule has 1 saturated heterocycles. The van der Waals surface area contributed by atoms with Gasteiger partial charge in [0, 0.05) is 29.6 Å². The van der Waals surface area contributed by atoms with Crippen LogP contribution in [0.2, 0.25) is 0 Å². The second-order valence-electron chi connectivity index (χ2n) is 4.89. The summed E-state index contributed by atoms with van der Waals surface area (Å²) in [5.74, 6) is 0.367. The number of benzene rings is 1. The Labute approximate surface area is 128 Å². The van der Waals surface area contributed by atoms with Gasteiger partial charge in [0.2, 0.25) is 10.0 Å². The minimum Gasteiger partial charge on any atom is -0.495 e. The first-order valence-corrected chi connectivity index (χ1v) is 8.70. The van der Waals surface area contributed by atoms with Crippen LogP contribution in [0.5, 0.6) is 5.75 Å². The monoisotopic (exact) mass is 362 g/mol. The molecule has 112 valence electrons. The Balaban J connectivity index is 2.47. The van der Waals surface area contributed by atoms with Crippen LogP contribution < -0.4 is 10.1 Å². The predicted octanol–water partition coefficient (Wildman–Crippen LogP) is 1.83. The summed E-state index contributed by atoms with van der Waals surface area (Å²) in [5.41, 5.74) is 0. The van der Waals surface area contributed by atoms with Gasteiger partial charge in [-0.1, -0.05) is 15.9 Å². The third-order valence-electron chi connectivity index (χ3n) is 3.69. The van der Waals surface area contributed by atoms with E-state index in [1.165, 1.54) is 7.11 Å². The molecule has 0 aliphatic carbocycles. The highest BCUT2D eigenvalue weighted by Gasteiger charge is 2.36. The van der Waals surface area contributed by atoms with Crippen LogP contribution in [-0.2, 0) is 10.0 Å². The molecule has 0 amide bonds. The van der Waals surface area contributed by atoms with Gasteiger partial charge in [-0.05, 0) is 32.0 Å². The number of hydrogen-bond acceptors (Lipinski definition) is 4. The Morgan fingerprint density at radius 3 is 2.75 bits per heavy atom. The first-order chi connectivity index (χ1) is 9.37. The highest BCUT2D eigenvalue weighted by molar-refractivity contribution is 9.10. The lowest BCUT2D eigenvalue weighted by Crippen LogP contribution is -2.57. The van der Waals surface area contributed by atoms with E-state index in [2.05, 4.69) is 21.2 Å². The van der Waals surface area contributed by atoms with Crippen LogP contribution in [0.4, 0.5) is 0 Å². The maximum atomic E-state index is 12.9. The molecule has 1 aliphatic heterocycles. The molecule has 0 saturated carbocycles. The van der Waals surface area contributed by atoms with Crippen molar-refractivity contribution in [2.45, 2.75) is 30.8 Å². The molecule has 2 atom stereocenters. The van der Waals surface area contributed by atoms with Gasteiger partial charge < -0.3 is 10.1 Å². The fourth-order valence-corrected chi connectivity index (χ4v) is 4.74. The van der Waals surface area contributed by atoms with Crippen molar-refractivity contribution in [1.82, 2.24) is 9.62 Å². The molecular weight excluding hydrogens is 344 g/mol. The van der Waals surface area contributed by atoms with Gasteiger partial charge >= 0.3 is 0 Å². The normalized spacial score (nSPS) is 24.6. The third kappa shape index (κ3) is 2.86. The summed E-state index contributed by atoms with van der Waals surface area (Å²) in [6.07, 6.45) is 0. The van der Waals surface area contributed by atoms with Crippen LogP contribution in [0.15, 0.2) is 27.6 Å². The summed E-state index contributed by atoms with van der Waals surface area (Å²) >= 11 is 3.32. The molecule has 0 spiro atoms. The van der Waals surface area contributed by atoms with Crippen LogP contribution in [0.3, 0.4) is 0 Å². The van der Waals surface area contributed by atoms with Gasteiger partial charge in [0.15, 0.2) is 0 Å². The molecular formula is C13H19BrN2O3S. The zero-order chi connectivity index (χ0) is 14.9. The largest absolute Gasteiger partial charge is 0.495 e. The number of methoxy groups -OCH3 is 1. The molecule has 1 heterocycles. The van der Waals surface area contributed by atoms with Crippen molar-refractivity contribution in [3.8, 4) is 5.75 Å². The van der Waals surface area contributed by atoms with E-state index in [0.29, 0.717) is 23.3 Å². The molecule has 1 aliphatic rings. The molecule has 2 unspecified atom stereocenters. The summed E-state index contributed by atoms with van der Waals surface area (Å²) in [6, 6.07) is 5.04. The van der Waals surface area contributed by atoms with Crippen molar-refractivity contribution in [1.29, 1.82) is 0 Å². The fourth-order valence-electron chi connectivity index (χ4n) is 2.34. The van der Waals surface area contributed by atoms with Crippen LogP contribution >= 0.6 is 15.9 Å². The number of ether oxygens (including phenoxy) is 1. The van der Waals surface area contributed by atoms with E-state index in [4.69, 9.17) is 4.74 Å². The summed E-state index contributed by atoms with van der Waals surface area (Å²) in [7, 11) is -2.09. The summed E-state index contributed by atoms with van der Waals surface area (Å²) in [6.45, 7) is 5.02. The van der Waals surface area contributed by atoms with Crippen LogP contribution in [0.1, 0.15) is 13.8 Å². The van der Waals surface area contributed by atoms with E-state index in [-0.39, 0.29) is 17.0 Å². The summed E-state index contributed by atoms with van der Waals surface area (Å²) < 4.78 is 33.2. The predicted molar refractivity (Wildman–Crippen MR) is 81.5 cm³/mol. The Morgan fingerprint density at radius 1 is 1.40 bits per heavy atom. The molecule has 2 rings (SSSR count). The van der Waals surface area contributed by atoms with E-state index in [9.17, 15) is 8.42 Å². The average molecular weight is 363 g/mol. The Bertz CT molecular complexity index is 591. The van der Waals surface area contributed by atoms with Crippen molar-refractivity contribution in [2.24, 2.45) is 0 Å². The molecule has 0 radical (unpaired) electrons. The molecule has 1 fully saturated rings. The van der Waals surface area contributed by atoms with E-state index < -0.39 is 10.0 Å². The highest BCUT2D eigenvalue weighted by Crippen LogP contribution is 2.31. The standard InChI is InChI=1S/C13H19BrN2O3S/c1-9-10(2)16(7-6-15-9)20(17,18)13-8-11(14)4-5-12(13)19-3/h4-5,8-10,15H,6-7H2,1-3H3. The lowest BCUT2D eigenvalue weighted by Gasteiger charge is -2.37. The number of sulfonamides is 1. The van der Waals surface area contributed by atoms with Gasteiger partial charge in [0.05, 0.1) is 7.11 Å². The first kappa shape index (κ1) is 15.8. The zero-order valence-electron chi connectivity index (χ0n) is 11.8. The molecule has 1 aromatic carbocycles. The fraction of sp³-hybridized carbons (Fsp3) is 0.538. The first-order valence-electron chi connectivity index (χ1n) is 6.46. The van der Waals surface area contributed by atoms with Crippen molar-refractivity contribution >= 4 is 26.0 Å². The Kier molecular flexibility index (Phi) is 4.73. The smallest absolute Gasteiger partial charge is 0.247 e. The van der Waals surface area contributed by atoms with E-state index in [1.807, 2.05) is 13.8 Å². The number of piperazine rings is 1. The van der Waals surface area contributed by atoms with Crippen LogP contribution in [0.25, 0.3) is 0 Å². The third-order valence-corrected chi connectivity index (χ3v) is 6.19. The van der Waals surface area contributed by atoms with Crippen molar-refractivity contribution < 1.29 is 13.2 Å². The van der Waals surface area contributed by atoms with Crippen molar-refractivity contribution in [3.05, 3.63) is 22.7 Å². The van der Waals surface area contributed by atoms with E-state index >= 15 is 0 Å².